The molecule has 11 aromatic carbocycles. The van der Waals surface area contributed by atoms with E-state index in [0.717, 1.165) is 76.6 Å². The zero-order chi connectivity index (χ0) is 41.9. The standard InChI is InChI=1S/C59H34N4O/c1-6-18-42-35(13-1)30-32-51-53(42)48-31-29-36-14-2-7-19-43(36)55(48)63(51)59-61-57(38-27-25-37(26-28-38)49-33-39-15-3-5-17-41(39)45-21-9-10-22-46(45)49)60-58(62-59)50-34-40-16-4-8-20-44(40)56-54(50)47-23-11-12-24-52(47)64-56/h1-34H. The van der Waals surface area contributed by atoms with E-state index in [9.17, 15) is 0 Å². The van der Waals surface area contributed by atoms with E-state index in [1.807, 2.05) is 12.1 Å². The summed E-state index contributed by atoms with van der Waals surface area (Å²) in [6.45, 7) is 0. The molecule has 3 aromatic heterocycles. The number of fused-ring (bicyclic) bond motifs is 15. The molecule has 0 radical (unpaired) electrons. The van der Waals surface area contributed by atoms with E-state index in [1.165, 1.54) is 43.3 Å². The molecule has 0 amide bonds. The summed E-state index contributed by atoms with van der Waals surface area (Å²) < 4.78 is 8.95. The zero-order valence-corrected chi connectivity index (χ0v) is 34.3. The number of furan rings is 1. The molecule has 5 heteroatoms. The highest BCUT2D eigenvalue weighted by Crippen LogP contribution is 2.43. The topological polar surface area (TPSA) is 56.7 Å². The Balaban J connectivity index is 1.07. The van der Waals surface area contributed by atoms with Gasteiger partial charge in [-0.1, -0.05) is 182 Å². The molecule has 0 bridgehead atoms. The summed E-state index contributed by atoms with van der Waals surface area (Å²) >= 11 is 0. The van der Waals surface area contributed by atoms with Gasteiger partial charge in [-0.3, -0.25) is 4.57 Å². The van der Waals surface area contributed by atoms with Crippen LogP contribution in [0.15, 0.2) is 211 Å². The maximum Gasteiger partial charge on any atom is 0.238 e. The second kappa shape index (κ2) is 13.4. The summed E-state index contributed by atoms with van der Waals surface area (Å²) in [5, 5.41) is 16.0. The van der Waals surface area contributed by atoms with Gasteiger partial charge >= 0.3 is 0 Å². The van der Waals surface area contributed by atoms with Crippen LogP contribution in [0.1, 0.15) is 0 Å². The van der Waals surface area contributed by atoms with Crippen molar-refractivity contribution in [3.05, 3.63) is 206 Å². The smallest absolute Gasteiger partial charge is 0.238 e. The molecule has 0 aliphatic carbocycles. The monoisotopic (exact) mass is 814 g/mol. The van der Waals surface area contributed by atoms with Crippen LogP contribution < -0.4 is 0 Å². The van der Waals surface area contributed by atoms with Crippen molar-refractivity contribution in [1.82, 2.24) is 19.5 Å². The molecule has 14 aromatic rings. The Labute approximate surface area is 366 Å². The Morgan fingerprint density at radius 1 is 0.344 bits per heavy atom. The summed E-state index contributed by atoms with van der Waals surface area (Å²) in [6, 6.07) is 73.3. The second-order valence-corrected chi connectivity index (χ2v) is 16.7. The van der Waals surface area contributed by atoms with Crippen molar-refractivity contribution in [2.45, 2.75) is 0 Å². The van der Waals surface area contributed by atoms with Crippen molar-refractivity contribution in [3.63, 3.8) is 0 Å². The molecule has 0 unspecified atom stereocenters. The van der Waals surface area contributed by atoms with Gasteiger partial charge in [0.05, 0.1) is 11.0 Å². The SMILES string of the molecule is c1ccc2c(c1)cc(-c1ccc(-c3nc(-c4cc5ccccc5c5oc6ccccc6c45)nc(-n4c5ccc6ccccc6c5c5ccc6ccccc6c54)n3)cc1)c1ccccc12. The Kier molecular flexibility index (Phi) is 7.33. The van der Waals surface area contributed by atoms with Gasteiger partial charge in [0.1, 0.15) is 11.2 Å². The highest BCUT2D eigenvalue weighted by molar-refractivity contribution is 6.26. The van der Waals surface area contributed by atoms with E-state index >= 15 is 0 Å². The van der Waals surface area contributed by atoms with Crippen molar-refractivity contribution in [2.75, 3.05) is 0 Å². The van der Waals surface area contributed by atoms with Gasteiger partial charge in [-0.15, -0.1) is 0 Å². The van der Waals surface area contributed by atoms with Gasteiger partial charge in [-0.25, -0.2) is 4.98 Å². The van der Waals surface area contributed by atoms with Gasteiger partial charge in [0, 0.05) is 43.4 Å². The highest BCUT2D eigenvalue weighted by Gasteiger charge is 2.24. The van der Waals surface area contributed by atoms with Gasteiger partial charge in [0.25, 0.3) is 0 Å². The summed E-state index contributed by atoms with van der Waals surface area (Å²) in [4.78, 5) is 16.4. The molecule has 0 aliphatic heterocycles. The number of benzene rings is 11. The van der Waals surface area contributed by atoms with Gasteiger partial charge in [-0.2, -0.15) is 9.97 Å². The van der Waals surface area contributed by atoms with E-state index in [4.69, 9.17) is 19.4 Å². The Morgan fingerprint density at radius 2 is 0.906 bits per heavy atom. The molecule has 296 valence electrons. The van der Waals surface area contributed by atoms with Crippen molar-refractivity contribution < 1.29 is 4.42 Å². The molecule has 0 atom stereocenters. The first-order valence-electron chi connectivity index (χ1n) is 21.7. The van der Waals surface area contributed by atoms with E-state index < -0.39 is 0 Å². The van der Waals surface area contributed by atoms with Crippen LogP contribution in [0.2, 0.25) is 0 Å². The van der Waals surface area contributed by atoms with Crippen molar-refractivity contribution in [3.8, 4) is 39.9 Å². The molecule has 0 spiro atoms. The van der Waals surface area contributed by atoms with Crippen LogP contribution in [0.3, 0.4) is 0 Å². The van der Waals surface area contributed by atoms with E-state index in [0.29, 0.717) is 17.6 Å². The van der Waals surface area contributed by atoms with Crippen molar-refractivity contribution >= 4 is 97.6 Å². The predicted molar refractivity (Wildman–Crippen MR) is 265 cm³/mol. The van der Waals surface area contributed by atoms with Crippen LogP contribution in [-0.4, -0.2) is 19.5 Å². The fourth-order valence-electron chi connectivity index (χ4n) is 10.3. The fraction of sp³-hybridized carbons (Fsp3) is 0. The minimum absolute atomic E-state index is 0.547. The third kappa shape index (κ3) is 5.09. The molecular weight excluding hydrogens is 781 g/mol. The number of hydrogen-bond acceptors (Lipinski definition) is 4. The lowest BCUT2D eigenvalue weighted by Crippen LogP contribution is -2.07. The first-order chi connectivity index (χ1) is 31.7. The third-order valence-corrected chi connectivity index (χ3v) is 13.2. The quantitative estimate of drug-likeness (QED) is 0.166. The predicted octanol–water partition coefficient (Wildman–Crippen LogP) is 15.6. The van der Waals surface area contributed by atoms with Gasteiger partial charge in [0.15, 0.2) is 11.6 Å². The number of aromatic nitrogens is 4. The van der Waals surface area contributed by atoms with Gasteiger partial charge in [0.2, 0.25) is 5.95 Å². The Morgan fingerprint density at radius 3 is 1.70 bits per heavy atom. The van der Waals surface area contributed by atoms with Gasteiger partial charge in [-0.05, 0) is 78.5 Å². The maximum atomic E-state index is 6.69. The Bertz CT molecular complexity index is 4260. The molecule has 0 saturated carbocycles. The van der Waals surface area contributed by atoms with Crippen LogP contribution in [0, 0.1) is 0 Å². The van der Waals surface area contributed by atoms with E-state index in [1.54, 1.807) is 0 Å². The minimum atomic E-state index is 0.547. The summed E-state index contributed by atoms with van der Waals surface area (Å²) in [7, 11) is 0. The molecule has 0 fully saturated rings. The Hall–Kier alpha value is -8.67. The fourth-order valence-corrected chi connectivity index (χ4v) is 10.3. The lowest BCUT2D eigenvalue weighted by Gasteiger charge is -2.14. The van der Waals surface area contributed by atoms with Crippen LogP contribution in [0.25, 0.3) is 137 Å². The average Bonchev–Trinajstić information content (AvgIpc) is 3.93. The maximum absolute atomic E-state index is 6.69. The molecule has 5 nitrogen and oxygen atoms in total. The molecule has 0 N–H and O–H groups in total. The molecule has 14 rings (SSSR count). The summed E-state index contributed by atoms with van der Waals surface area (Å²) in [5.74, 6) is 1.70. The molecule has 0 aliphatic rings. The summed E-state index contributed by atoms with van der Waals surface area (Å²) in [6.07, 6.45) is 0. The molecule has 0 saturated heterocycles. The zero-order valence-electron chi connectivity index (χ0n) is 34.3. The largest absolute Gasteiger partial charge is 0.455 e. The number of rotatable bonds is 4. The third-order valence-electron chi connectivity index (χ3n) is 13.2. The van der Waals surface area contributed by atoms with E-state index in [2.05, 4.69) is 199 Å². The summed E-state index contributed by atoms with van der Waals surface area (Å²) in [5.41, 5.74) is 7.83. The van der Waals surface area contributed by atoms with Crippen LogP contribution in [0.5, 0.6) is 0 Å². The number of nitrogens with zero attached hydrogens (tertiary/aromatic N) is 4. The first-order valence-corrected chi connectivity index (χ1v) is 21.7. The minimum Gasteiger partial charge on any atom is -0.455 e. The molecule has 64 heavy (non-hydrogen) atoms. The average molecular weight is 815 g/mol. The lowest BCUT2D eigenvalue weighted by molar-refractivity contribution is 0.672. The second-order valence-electron chi connectivity index (χ2n) is 16.7. The number of para-hydroxylation sites is 1. The number of hydrogen-bond donors (Lipinski definition) is 0. The lowest BCUT2D eigenvalue weighted by atomic mass is 9.93. The van der Waals surface area contributed by atoms with Crippen LogP contribution in [-0.2, 0) is 0 Å². The van der Waals surface area contributed by atoms with Crippen LogP contribution in [0.4, 0.5) is 0 Å². The normalized spacial score (nSPS) is 12.1. The first kappa shape index (κ1) is 35.0. The molecular formula is C59H34N4O. The van der Waals surface area contributed by atoms with Crippen molar-refractivity contribution in [2.24, 2.45) is 0 Å². The van der Waals surface area contributed by atoms with Crippen LogP contribution >= 0.6 is 0 Å². The van der Waals surface area contributed by atoms with Crippen molar-refractivity contribution in [1.29, 1.82) is 0 Å². The highest BCUT2D eigenvalue weighted by atomic mass is 16.3. The van der Waals surface area contributed by atoms with E-state index in [-0.39, 0.29) is 0 Å². The molecule has 3 heterocycles. The van der Waals surface area contributed by atoms with Gasteiger partial charge < -0.3 is 4.42 Å².